The summed E-state index contributed by atoms with van der Waals surface area (Å²) in [5.74, 6) is 0.860. The third-order valence-corrected chi connectivity index (χ3v) is 7.75. The van der Waals surface area contributed by atoms with Crippen LogP contribution in [0.3, 0.4) is 0 Å². The summed E-state index contributed by atoms with van der Waals surface area (Å²) in [6.07, 6.45) is 7.61. The largest absolute Gasteiger partial charge is 0.388 e. The van der Waals surface area contributed by atoms with E-state index >= 15 is 0 Å². The first kappa shape index (κ1) is 24.7. The first-order chi connectivity index (χ1) is 17.8. The minimum Gasteiger partial charge on any atom is -0.388 e. The topological polar surface area (TPSA) is 82.9 Å². The quantitative estimate of drug-likeness (QED) is 0.257. The molecule has 37 heavy (non-hydrogen) atoms. The van der Waals surface area contributed by atoms with Crippen molar-refractivity contribution in [2.75, 3.05) is 25.0 Å². The Kier molecular flexibility index (Phi) is 6.82. The van der Waals surface area contributed by atoms with Crippen molar-refractivity contribution in [1.29, 1.82) is 0 Å². The van der Waals surface area contributed by atoms with Crippen LogP contribution in [-0.4, -0.2) is 41.1 Å². The van der Waals surface area contributed by atoms with Gasteiger partial charge < -0.3 is 20.9 Å². The van der Waals surface area contributed by atoms with Crippen LogP contribution in [0.25, 0.3) is 32.5 Å². The number of hydrogen-bond acceptors (Lipinski definition) is 6. The highest BCUT2D eigenvalue weighted by Crippen LogP contribution is 2.36. The fourth-order valence-electron chi connectivity index (χ4n) is 4.46. The summed E-state index contributed by atoms with van der Waals surface area (Å²) in [6, 6.07) is 13.1. The number of likely N-dealkylation sites (N-methyl/N-ethyl adjacent to an activating group) is 1. The highest BCUT2D eigenvalue weighted by Gasteiger charge is 2.24. The number of H-pyrrole nitrogens is 1. The molecule has 4 N–H and O–H groups in total. The van der Waals surface area contributed by atoms with Gasteiger partial charge in [-0.05, 0) is 60.9 Å². The van der Waals surface area contributed by atoms with Crippen LogP contribution >= 0.6 is 11.3 Å². The number of hydrogen-bond donors (Lipinski definition) is 3. The highest BCUT2D eigenvalue weighted by molar-refractivity contribution is 7.15. The molecule has 1 saturated heterocycles. The second-order valence-electron chi connectivity index (χ2n) is 9.42. The number of fused-ring (bicyclic) bond motifs is 1. The van der Waals surface area contributed by atoms with Gasteiger partial charge in [-0.1, -0.05) is 31.4 Å². The first-order valence-corrected chi connectivity index (χ1v) is 13.1. The Bertz CT molecular complexity index is 1550. The van der Waals surface area contributed by atoms with Gasteiger partial charge in [0.2, 0.25) is 0 Å². The molecule has 7 heteroatoms. The summed E-state index contributed by atoms with van der Waals surface area (Å²) in [6.45, 7) is 14.5. The standard InChI is InChI=1S/C30H32N6S/c1-18(28-14-33-15-30(35-28)36-16-22(31)17-36)9-11-25(32-5)20(3)21(4)27-13-24-23(7-6-8-26(24)34-27)29-12-10-19(2)37-29/h6-15,22,32,34H,3-4,16-17,31H2,1-2,5H3/b18-9+,25-11+. The molecule has 6 nitrogen and oxygen atoms in total. The number of rotatable bonds is 8. The Morgan fingerprint density at radius 3 is 2.70 bits per heavy atom. The van der Waals surface area contributed by atoms with Crippen LogP contribution in [0.5, 0.6) is 0 Å². The first-order valence-electron chi connectivity index (χ1n) is 12.3. The van der Waals surface area contributed by atoms with Gasteiger partial charge in [-0.3, -0.25) is 4.98 Å². The Morgan fingerprint density at radius 1 is 1.19 bits per heavy atom. The van der Waals surface area contributed by atoms with E-state index in [9.17, 15) is 0 Å². The minimum atomic E-state index is 0.214. The summed E-state index contributed by atoms with van der Waals surface area (Å²) in [4.78, 5) is 17.4. The predicted molar refractivity (Wildman–Crippen MR) is 158 cm³/mol. The van der Waals surface area contributed by atoms with Crippen LogP contribution in [0.1, 0.15) is 23.2 Å². The van der Waals surface area contributed by atoms with E-state index in [-0.39, 0.29) is 6.04 Å². The molecule has 1 aliphatic heterocycles. The average molecular weight is 509 g/mol. The van der Waals surface area contributed by atoms with E-state index in [1.54, 1.807) is 23.7 Å². The molecular formula is C30H32N6S. The molecule has 0 spiro atoms. The van der Waals surface area contributed by atoms with Gasteiger partial charge >= 0.3 is 0 Å². The molecule has 0 saturated carbocycles. The summed E-state index contributed by atoms with van der Waals surface area (Å²) in [7, 11) is 1.89. The van der Waals surface area contributed by atoms with E-state index in [0.717, 1.165) is 58.2 Å². The van der Waals surface area contributed by atoms with E-state index in [1.165, 1.54) is 20.7 Å². The van der Waals surface area contributed by atoms with Crippen molar-refractivity contribution in [3.63, 3.8) is 0 Å². The number of nitrogens with two attached hydrogens (primary N) is 1. The number of aromatic nitrogens is 3. The summed E-state index contributed by atoms with van der Waals surface area (Å²) < 4.78 is 0. The third kappa shape index (κ3) is 5.01. The highest BCUT2D eigenvalue weighted by atomic mass is 32.1. The molecule has 0 unspecified atom stereocenters. The molecule has 0 radical (unpaired) electrons. The molecule has 0 aliphatic carbocycles. The fraction of sp³-hybridized carbons (Fsp3) is 0.200. The molecule has 4 heterocycles. The summed E-state index contributed by atoms with van der Waals surface area (Å²) in [5.41, 5.74) is 13.6. The smallest absolute Gasteiger partial charge is 0.147 e. The van der Waals surface area contributed by atoms with Gasteiger partial charge in [-0.25, -0.2) is 4.98 Å². The van der Waals surface area contributed by atoms with Gasteiger partial charge in [0, 0.05) is 63.8 Å². The second kappa shape index (κ2) is 10.2. The maximum absolute atomic E-state index is 5.92. The fourth-order valence-corrected chi connectivity index (χ4v) is 5.37. The Hall–Kier alpha value is -3.94. The van der Waals surface area contributed by atoms with Crippen LogP contribution in [-0.2, 0) is 0 Å². The normalized spacial score (nSPS) is 14.6. The monoisotopic (exact) mass is 508 g/mol. The van der Waals surface area contributed by atoms with Crippen LogP contribution in [0.15, 0.2) is 85.4 Å². The van der Waals surface area contributed by atoms with Crippen molar-refractivity contribution in [3.05, 3.63) is 102 Å². The number of aromatic amines is 1. The van der Waals surface area contributed by atoms with Crippen LogP contribution < -0.4 is 16.0 Å². The summed E-state index contributed by atoms with van der Waals surface area (Å²) in [5, 5.41) is 4.45. The second-order valence-corrected chi connectivity index (χ2v) is 10.7. The molecule has 188 valence electrons. The minimum absolute atomic E-state index is 0.214. The molecule has 3 aromatic heterocycles. The number of nitrogens with zero attached hydrogens (tertiary/aromatic N) is 3. The van der Waals surface area contributed by atoms with Crippen molar-refractivity contribution in [3.8, 4) is 10.4 Å². The number of anilines is 1. The van der Waals surface area contributed by atoms with E-state index in [4.69, 9.17) is 10.7 Å². The zero-order valence-electron chi connectivity index (χ0n) is 21.5. The van der Waals surface area contributed by atoms with Crippen molar-refractivity contribution >= 4 is 39.2 Å². The number of benzene rings is 1. The van der Waals surface area contributed by atoms with Gasteiger partial charge in [0.05, 0.1) is 18.1 Å². The van der Waals surface area contributed by atoms with Crippen molar-refractivity contribution in [1.82, 2.24) is 20.3 Å². The number of nitrogens with one attached hydrogen (secondary N) is 2. The number of aryl methyl sites for hydroxylation is 1. The molecule has 1 aromatic carbocycles. The molecule has 1 fully saturated rings. The zero-order chi connectivity index (χ0) is 26.1. The summed E-state index contributed by atoms with van der Waals surface area (Å²) >= 11 is 1.81. The van der Waals surface area contributed by atoms with Crippen LogP contribution in [0.4, 0.5) is 5.82 Å². The lowest BCUT2D eigenvalue weighted by Gasteiger charge is -2.37. The molecule has 0 amide bonds. The van der Waals surface area contributed by atoms with E-state index in [2.05, 4.69) is 76.7 Å². The van der Waals surface area contributed by atoms with E-state index in [1.807, 2.05) is 26.1 Å². The van der Waals surface area contributed by atoms with E-state index in [0.29, 0.717) is 0 Å². The lowest BCUT2D eigenvalue weighted by Crippen LogP contribution is -2.56. The van der Waals surface area contributed by atoms with Gasteiger partial charge in [0.25, 0.3) is 0 Å². The Labute approximate surface area is 222 Å². The molecule has 5 rings (SSSR count). The molecule has 0 bridgehead atoms. The number of thiophene rings is 1. The molecular weight excluding hydrogens is 476 g/mol. The van der Waals surface area contributed by atoms with Crippen molar-refractivity contribution in [2.45, 2.75) is 19.9 Å². The van der Waals surface area contributed by atoms with Gasteiger partial charge in [0.1, 0.15) is 5.82 Å². The van der Waals surface area contributed by atoms with Gasteiger partial charge in [-0.2, -0.15) is 0 Å². The average Bonchev–Trinajstić information content (AvgIpc) is 3.52. The van der Waals surface area contributed by atoms with Crippen molar-refractivity contribution in [2.24, 2.45) is 5.73 Å². The lowest BCUT2D eigenvalue weighted by molar-refractivity contribution is 0.513. The third-order valence-electron chi connectivity index (χ3n) is 6.71. The van der Waals surface area contributed by atoms with Crippen LogP contribution in [0, 0.1) is 6.92 Å². The van der Waals surface area contributed by atoms with E-state index < -0.39 is 0 Å². The van der Waals surface area contributed by atoms with Gasteiger partial charge in [0.15, 0.2) is 0 Å². The van der Waals surface area contributed by atoms with Crippen LogP contribution in [0.2, 0.25) is 0 Å². The zero-order valence-corrected chi connectivity index (χ0v) is 22.3. The van der Waals surface area contributed by atoms with Crippen molar-refractivity contribution < 1.29 is 0 Å². The molecule has 1 aliphatic rings. The number of allylic oxidation sites excluding steroid dienone is 4. The predicted octanol–water partition coefficient (Wildman–Crippen LogP) is 5.92. The maximum Gasteiger partial charge on any atom is 0.147 e. The maximum atomic E-state index is 5.92. The molecule has 0 atom stereocenters. The Morgan fingerprint density at radius 2 is 2.00 bits per heavy atom. The Balaban J connectivity index is 1.38. The van der Waals surface area contributed by atoms with Gasteiger partial charge in [-0.15, -0.1) is 11.3 Å². The SMILES string of the molecule is C=C(C(=C)c1cc2c(-c3ccc(C)s3)cccc2[nH]1)/C(=C\C=C(/C)c1cncc(N2CC(N)C2)n1)NC. The molecule has 4 aromatic rings. The lowest BCUT2D eigenvalue weighted by atomic mass is 10.0.